The van der Waals surface area contributed by atoms with Crippen molar-refractivity contribution in [1.29, 1.82) is 0 Å². The predicted octanol–water partition coefficient (Wildman–Crippen LogP) is 5.32. The molecule has 0 unspecified atom stereocenters. The largest absolute Gasteiger partial charge is 0.462 e. The number of pyridine rings is 1. The maximum absolute atomic E-state index is 14.8. The average Bonchev–Trinajstić information content (AvgIpc) is 3.23. The SMILES string of the molecule is CCOC(=O)c1c(CC2CCCC2)[nH]c2cc(NC3CCCCC3)c(F)cc2c1=O. The minimum atomic E-state index is -0.626. The number of H-pyrrole nitrogens is 1. The number of anilines is 1. The van der Waals surface area contributed by atoms with Crippen LogP contribution in [0.3, 0.4) is 0 Å². The van der Waals surface area contributed by atoms with Gasteiger partial charge in [-0.3, -0.25) is 4.79 Å². The van der Waals surface area contributed by atoms with Crippen molar-refractivity contribution < 1.29 is 13.9 Å². The van der Waals surface area contributed by atoms with Crippen LogP contribution in [0.25, 0.3) is 10.9 Å². The third-order valence-corrected chi connectivity index (χ3v) is 6.58. The third-order valence-electron chi connectivity index (χ3n) is 6.58. The first kappa shape index (κ1) is 20.9. The van der Waals surface area contributed by atoms with Gasteiger partial charge in [-0.15, -0.1) is 0 Å². The van der Waals surface area contributed by atoms with E-state index in [1.54, 1.807) is 13.0 Å². The molecule has 2 N–H and O–H groups in total. The molecule has 0 bridgehead atoms. The number of aromatic amines is 1. The zero-order valence-electron chi connectivity index (χ0n) is 17.7. The zero-order valence-corrected chi connectivity index (χ0v) is 17.7. The standard InChI is InChI=1S/C24H31FN2O3/c1-2-30-24(29)22-21(12-15-8-6-7-9-15)27-19-14-20(18(25)13-17(19)23(22)28)26-16-10-4-3-5-11-16/h13-16,26H,2-12H2,1H3,(H,27,28). The van der Waals surface area contributed by atoms with Crippen LogP contribution in [-0.2, 0) is 11.2 Å². The number of esters is 1. The van der Waals surface area contributed by atoms with E-state index in [1.807, 2.05) is 0 Å². The summed E-state index contributed by atoms with van der Waals surface area (Å²) in [5.74, 6) is -0.637. The Balaban J connectivity index is 1.75. The molecule has 0 radical (unpaired) electrons. The third kappa shape index (κ3) is 4.37. The van der Waals surface area contributed by atoms with Gasteiger partial charge in [-0.1, -0.05) is 44.9 Å². The molecule has 162 valence electrons. The molecule has 0 amide bonds. The molecule has 5 nitrogen and oxygen atoms in total. The first-order valence-corrected chi connectivity index (χ1v) is 11.4. The minimum Gasteiger partial charge on any atom is -0.462 e. The summed E-state index contributed by atoms with van der Waals surface area (Å²) in [4.78, 5) is 29.1. The highest BCUT2D eigenvalue weighted by Gasteiger charge is 2.25. The average molecular weight is 415 g/mol. The summed E-state index contributed by atoms with van der Waals surface area (Å²) in [5.41, 5.74) is 1.19. The van der Waals surface area contributed by atoms with Gasteiger partial charge in [-0.25, -0.2) is 9.18 Å². The Labute approximate surface area is 176 Å². The van der Waals surface area contributed by atoms with Crippen LogP contribution in [0.2, 0.25) is 0 Å². The number of rotatable bonds is 6. The molecule has 1 heterocycles. The van der Waals surface area contributed by atoms with Gasteiger partial charge < -0.3 is 15.0 Å². The molecule has 0 spiro atoms. The van der Waals surface area contributed by atoms with Gasteiger partial charge in [0.2, 0.25) is 5.43 Å². The van der Waals surface area contributed by atoms with Crippen molar-refractivity contribution in [2.45, 2.75) is 77.2 Å². The number of ether oxygens (including phenoxy) is 1. The Kier molecular flexibility index (Phi) is 6.40. The predicted molar refractivity (Wildman–Crippen MR) is 117 cm³/mol. The number of carbonyl (C=O) groups excluding carboxylic acids is 1. The number of hydrogen-bond acceptors (Lipinski definition) is 4. The summed E-state index contributed by atoms with van der Waals surface area (Å²) < 4.78 is 20.0. The Morgan fingerprint density at radius 1 is 1.13 bits per heavy atom. The summed E-state index contributed by atoms with van der Waals surface area (Å²) in [6.07, 6.45) is 10.8. The highest BCUT2D eigenvalue weighted by Crippen LogP contribution is 2.30. The van der Waals surface area contributed by atoms with Crippen molar-refractivity contribution in [3.05, 3.63) is 39.4 Å². The van der Waals surface area contributed by atoms with Gasteiger partial charge in [-0.05, 0) is 44.2 Å². The molecule has 2 saturated carbocycles. The zero-order chi connectivity index (χ0) is 21.1. The van der Waals surface area contributed by atoms with Gasteiger partial charge in [0.15, 0.2) is 0 Å². The highest BCUT2D eigenvalue weighted by atomic mass is 19.1. The van der Waals surface area contributed by atoms with Gasteiger partial charge in [-0.2, -0.15) is 0 Å². The smallest absolute Gasteiger partial charge is 0.343 e. The van der Waals surface area contributed by atoms with Crippen molar-refractivity contribution in [3.63, 3.8) is 0 Å². The van der Waals surface area contributed by atoms with Gasteiger partial charge >= 0.3 is 5.97 Å². The summed E-state index contributed by atoms with van der Waals surface area (Å²) >= 11 is 0. The number of carbonyl (C=O) groups is 1. The Bertz CT molecular complexity index is 973. The molecule has 0 saturated heterocycles. The maximum Gasteiger partial charge on any atom is 0.343 e. The highest BCUT2D eigenvalue weighted by molar-refractivity contribution is 5.95. The molecular formula is C24H31FN2O3. The lowest BCUT2D eigenvalue weighted by Crippen LogP contribution is -2.24. The van der Waals surface area contributed by atoms with Crippen LogP contribution in [0.5, 0.6) is 0 Å². The number of hydrogen-bond donors (Lipinski definition) is 2. The molecule has 2 aliphatic carbocycles. The van der Waals surface area contributed by atoms with Crippen molar-refractivity contribution in [3.8, 4) is 0 Å². The molecule has 4 rings (SSSR count). The van der Waals surface area contributed by atoms with Crippen LogP contribution in [0.15, 0.2) is 16.9 Å². The van der Waals surface area contributed by atoms with E-state index in [0.717, 1.165) is 38.5 Å². The molecule has 0 aliphatic heterocycles. The quantitative estimate of drug-likeness (QED) is 0.628. The van der Waals surface area contributed by atoms with E-state index in [9.17, 15) is 14.0 Å². The van der Waals surface area contributed by atoms with E-state index in [-0.39, 0.29) is 23.6 Å². The minimum absolute atomic E-state index is 0.0311. The van der Waals surface area contributed by atoms with Crippen LogP contribution in [0.1, 0.15) is 80.8 Å². The lowest BCUT2D eigenvalue weighted by molar-refractivity contribution is 0.0523. The number of fused-ring (bicyclic) bond motifs is 1. The second kappa shape index (κ2) is 9.19. The fourth-order valence-corrected chi connectivity index (χ4v) is 5.01. The van der Waals surface area contributed by atoms with E-state index in [0.29, 0.717) is 29.2 Å². The molecule has 2 aliphatic rings. The van der Waals surface area contributed by atoms with E-state index in [1.165, 1.54) is 25.3 Å². The van der Waals surface area contributed by atoms with E-state index in [2.05, 4.69) is 10.3 Å². The topological polar surface area (TPSA) is 71.2 Å². The number of nitrogens with one attached hydrogen (secondary N) is 2. The molecule has 1 aromatic carbocycles. The fraction of sp³-hybridized carbons (Fsp3) is 0.583. The van der Waals surface area contributed by atoms with E-state index >= 15 is 0 Å². The van der Waals surface area contributed by atoms with Gasteiger partial charge in [0.05, 0.1) is 17.8 Å². The van der Waals surface area contributed by atoms with Crippen LogP contribution in [0, 0.1) is 11.7 Å². The van der Waals surface area contributed by atoms with Gasteiger partial charge in [0.25, 0.3) is 0 Å². The van der Waals surface area contributed by atoms with E-state index < -0.39 is 17.2 Å². The fourth-order valence-electron chi connectivity index (χ4n) is 5.01. The molecular weight excluding hydrogens is 383 g/mol. The van der Waals surface area contributed by atoms with Crippen LogP contribution < -0.4 is 10.7 Å². The molecule has 30 heavy (non-hydrogen) atoms. The number of benzene rings is 1. The Morgan fingerprint density at radius 3 is 2.53 bits per heavy atom. The van der Waals surface area contributed by atoms with Crippen molar-refractivity contribution in [2.75, 3.05) is 11.9 Å². The number of aromatic nitrogens is 1. The molecule has 6 heteroatoms. The monoisotopic (exact) mass is 414 g/mol. The number of halogens is 1. The Morgan fingerprint density at radius 2 is 1.83 bits per heavy atom. The first-order valence-electron chi connectivity index (χ1n) is 11.4. The van der Waals surface area contributed by atoms with Crippen molar-refractivity contribution in [1.82, 2.24) is 4.98 Å². The summed E-state index contributed by atoms with van der Waals surface area (Å²) in [7, 11) is 0. The normalized spacial score (nSPS) is 18.1. The first-order chi connectivity index (χ1) is 14.6. The van der Waals surface area contributed by atoms with Crippen LogP contribution in [0.4, 0.5) is 10.1 Å². The summed E-state index contributed by atoms with van der Waals surface area (Å²) in [6.45, 7) is 1.91. The van der Waals surface area contributed by atoms with Crippen LogP contribution >= 0.6 is 0 Å². The Hall–Kier alpha value is -2.37. The van der Waals surface area contributed by atoms with E-state index in [4.69, 9.17) is 4.74 Å². The second-order valence-corrected chi connectivity index (χ2v) is 8.74. The molecule has 2 aromatic rings. The lowest BCUT2D eigenvalue weighted by atomic mass is 9.95. The van der Waals surface area contributed by atoms with Crippen molar-refractivity contribution in [2.24, 2.45) is 5.92 Å². The summed E-state index contributed by atoms with van der Waals surface area (Å²) in [6, 6.07) is 3.20. The molecule has 0 atom stereocenters. The molecule has 1 aromatic heterocycles. The molecule has 2 fully saturated rings. The van der Waals surface area contributed by atoms with Gasteiger partial charge in [0, 0.05) is 17.1 Å². The van der Waals surface area contributed by atoms with Crippen molar-refractivity contribution >= 4 is 22.6 Å². The second-order valence-electron chi connectivity index (χ2n) is 8.74. The van der Waals surface area contributed by atoms with Crippen LogP contribution in [-0.4, -0.2) is 23.6 Å². The lowest BCUT2D eigenvalue weighted by Gasteiger charge is -2.24. The maximum atomic E-state index is 14.8. The summed E-state index contributed by atoms with van der Waals surface area (Å²) in [5, 5.41) is 3.52. The van der Waals surface area contributed by atoms with Gasteiger partial charge in [0.1, 0.15) is 11.4 Å².